The molecule has 7 nitrogen and oxygen atoms in total. The number of fused-ring (bicyclic) bond motifs is 1. The number of nitrogens with one attached hydrogen (secondary N) is 1. The lowest BCUT2D eigenvalue weighted by Gasteiger charge is -2.26. The Bertz CT molecular complexity index is 946. The number of hydrogen-bond donors (Lipinski definition) is 1. The fraction of sp³-hybridized carbons (Fsp3) is 0.316. The van der Waals surface area contributed by atoms with Crippen molar-refractivity contribution >= 4 is 5.91 Å². The maximum Gasteiger partial charge on any atom is 0.217 e. The maximum absolute atomic E-state index is 13.1. The van der Waals surface area contributed by atoms with Gasteiger partial charge < -0.3 is 5.32 Å². The van der Waals surface area contributed by atoms with E-state index in [1.165, 1.54) is 19.1 Å². The predicted molar refractivity (Wildman–Crippen MR) is 97.4 cm³/mol. The summed E-state index contributed by atoms with van der Waals surface area (Å²) in [6.45, 7) is 5.27. The third-order valence-corrected chi connectivity index (χ3v) is 4.58. The minimum absolute atomic E-state index is 0.0548. The van der Waals surface area contributed by atoms with Gasteiger partial charge in [-0.05, 0) is 30.3 Å². The Kier molecular flexibility index (Phi) is 4.72. The van der Waals surface area contributed by atoms with Crippen molar-refractivity contribution in [1.82, 2.24) is 29.8 Å². The van der Waals surface area contributed by atoms with Crippen molar-refractivity contribution in [3.63, 3.8) is 0 Å². The molecule has 0 unspecified atom stereocenters. The summed E-state index contributed by atoms with van der Waals surface area (Å²) in [4.78, 5) is 13.4. The van der Waals surface area contributed by atoms with Gasteiger partial charge in [-0.3, -0.25) is 14.4 Å². The van der Waals surface area contributed by atoms with Crippen LogP contribution in [0.2, 0.25) is 0 Å². The summed E-state index contributed by atoms with van der Waals surface area (Å²) in [6, 6.07) is 8.33. The lowest BCUT2D eigenvalue weighted by atomic mass is 10.2. The summed E-state index contributed by atoms with van der Waals surface area (Å²) >= 11 is 0. The van der Waals surface area contributed by atoms with Crippen LogP contribution in [0.3, 0.4) is 0 Å². The molecule has 1 aromatic carbocycles. The van der Waals surface area contributed by atoms with Gasteiger partial charge in [0.25, 0.3) is 0 Å². The Morgan fingerprint density at radius 3 is 2.85 bits per heavy atom. The Morgan fingerprint density at radius 1 is 1.26 bits per heavy atom. The number of aromatic nitrogens is 4. The Hall–Kier alpha value is -3.00. The standard InChI is InChI=1S/C19H21FN6O/c1-14(27)21-10-17-8-19-13-24(6-7-25(19)23-17)11-15-9-22-26(12-15)18-4-2-16(20)3-5-18/h2-5,8-9,12H,6-7,10-11,13H2,1H3,(H,21,27). The second-order valence-electron chi connectivity index (χ2n) is 6.74. The van der Waals surface area contributed by atoms with E-state index in [1.54, 1.807) is 16.8 Å². The summed E-state index contributed by atoms with van der Waals surface area (Å²) in [5.41, 5.74) is 3.96. The van der Waals surface area contributed by atoms with Crippen LogP contribution in [0.5, 0.6) is 0 Å². The molecule has 0 saturated heterocycles. The van der Waals surface area contributed by atoms with E-state index in [1.807, 2.05) is 23.1 Å². The largest absolute Gasteiger partial charge is 0.351 e. The van der Waals surface area contributed by atoms with Crippen LogP contribution < -0.4 is 5.32 Å². The van der Waals surface area contributed by atoms with E-state index in [9.17, 15) is 9.18 Å². The number of hydrogen-bond acceptors (Lipinski definition) is 4. The van der Waals surface area contributed by atoms with Gasteiger partial charge in [-0.25, -0.2) is 9.07 Å². The smallest absolute Gasteiger partial charge is 0.217 e. The topological polar surface area (TPSA) is 68.0 Å². The molecule has 0 atom stereocenters. The van der Waals surface area contributed by atoms with Gasteiger partial charge >= 0.3 is 0 Å². The third kappa shape index (κ3) is 4.06. The van der Waals surface area contributed by atoms with E-state index in [2.05, 4.69) is 20.4 Å². The van der Waals surface area contributed by atoms with Crippen LogP contribution in [-0.2, 0) is 31.0 Å². The highest BCUT2D eigenvalue weighted by Crippen LogP contribution is 2.17. The van der Waals surface area contributed by atoms with Crippen LogP contribution in [0.4, 0.5) is 4.39 Å². The van der Waals surface area contributed by atoms with Crippen molar-refractivity contribution in [2.24, 2.45) is 0 Å². The van der Waals surface area contributed by atoms with Crippen molar-refractivity contribution in [2.75, 3.05) is 6.54 Å². The first-order valence-corrected chi connectivity index (χ1v) is 8.89. The second-order valence-corrected chi connectivity index (χ2v) is 6.74. The highest BCUT2D eigenvalue weighted by atomic mass is 19.1. The molecule has 3 aromatic rings. The molecule has 8 heteroatoms. The summed E-state index contributed by atoms with van der Waals surface area (Å²) < 4.78 is 16.8. The van der Waals surface area contributed by atoms with Crippen molar-refractivity contribution in [1.29, 1.82) is 0 Å². The summed E-state index contributed by atoms with van der Waals surface area (Å²) in [5.74, 6) is -0.310. The number of benzene rings is 1. The number of carbonyl (C=O) groups is 1. The van der Waals surface area contributed by atoms with Gasteiger partial charge in [0.05, 0.1) is 36.4 Å². The monoisotopic (exact) mass is 368 g/mol. The fourth-order valence-electron chi connectivity index (χ4n) is 3.25. The number of rotatable bonds is 5. The Morgan fingerprint density at radius 2 is 2.07 bits per heavy atom. The molecule has 1 N–H and O–H groups in total. The average molecular weight is 368 g/mol. The van der Waals surface area contributed by atoms with E-state index in [-0.39, 0.29) is 11.7 Å². The lowest BCUT2D eigenvalue weighted by Crippen LogP contribution is -2.33. The fourth-order valence-corrected chi connectivity index (χ4v) is 3.25. The molecule has 0 aliphatic carbocycles. The first kappa shape index (κ1) is 17.4. The predicted octanol–water partition coefficient (Wildman–Crippen LogP) is 1.86. The van der Waals surface area contributed by atoms with Crippen LogP contribution in [0.1, 0.15) is 23.9 Å². The zero-order chi connectivity index (χ0) is 18.8. The van der Waals surface area contributed by atoms with Gasteiger partial charge in [0.2, 0.25) is 5.91 Å². The van der Waals surface area contributed by atoms with Crippen LogP contribution in [0, 0.1) is 5.82 Å². The van der Waals surface area contributed by atoms with E-state index in [4.69, 9.17) is 0 Å². The highest BCUT2D eigenvalue weighted by Gasteiger charge is 2.19. The van der Waals surface area contributed by atoms with Gasteiger partial charge in [0.1, 0.15) is 5.82 Å². The quantitative estimate of drug-likeness (QED) is 0.746. The van der Waals surface area contributed by atoms with E-state index in [0.29, 0.717) is 6.54 Å². The third-order valence-electron chi connectivity index (χ3n) is 4.58. The van der Waals surface area contributed by atoms with Crippen LogP contribution >= 0.6 is 0 Å². The molecule has 1 aliphatic heterocycles. The summed E-state index contributed by atoms with van der Waals surface area (Å²) in [6.07, 6.45) is 3.82. The number of nitrogens with zero attached hydrogens (tertiary/aromatic N) is 5. The second kappa shape index (κ2) is 7.32. The molecular formula is C19H21FN6O. The van der Waals surface area contributed by atoms with Crippen LogP contribution in [0.15, 0.2) is 42.7 Å². The zero-order valence-corrected chi connectivity index (χ0v) is 15.1. The van der Waals surface area contributed by atoms with Gasteiger partial charge in [-0.1, -0.05) is 0 Å². The maximum atomic E-state index is 13.1. The molecule has 2 aromatic heterocycles. The van der Waals surface area contributed by atoms with Crippen molar-refractivity contribution < 1.29 is 9.18 Å². The zero-order valence-electron chi connectivity index (χ0n) is 15.1. The van der Waals surface area contributed by atoms with Crippen molar-refractivity contribution in [3.8, 4) is 5.69 Å². The molecule has 27 heavy (non-hydrogen) atoms. The van der Waals surface area contributed by atoms with Gasteiger partial charge in [0.15, 0.2) is 0 Å². The van der Waals surface area contributed by atoms with Crippen molar-refractivity contribution in [2.45, 2.75) is 33.1 Å². The first-order valence-electron chi connectivity index (χ1n) is 8.89. The molecule has 0 radical (unpaired) electrons. The average Bonchev–Trinajstić information content (AvgIpc) is 3.27. The molecule has 4 rings (SSSR count). The summed E-state index contributed by atoms with van der Waals surface area (Å²) in [7, 11) is 0. The van der Waals surface area contributed by atoms with Gasteiger partial charge in [-0.15, -0.1) is 0 Å². The molecule has 0 saturated carbocycles. The normalized spacial score (nSPS) is 14.1. The Labute approximate surface area is 156 Å². The van der Waals surface area contributed by atoms with Gasteiger partial charge in [-0.2, -0.15) is 10.2 Å². The van der Waals surface area contributed by atoms with Gasteiger partial charge in [0, 0.05) is 38.3 Å². The molecule has 1 amide bonds. The van der Waals surface area contributed by atoms with Crippen LogP contribution in [-0.4, -0.2) is 36.9 Å². The number of amides is 1. The minimum Gasteiger partial charge on any atom is -0.351 e. The highest BCUT2D eigenvalue weighted by molar-refractivity contribution is 5.72. The SMILES string of the molecule is CC(=O)NCc1cc2n(n1)CCN(Cc1cnn(-c3ccc(F)cc3)c1)C2. The molecule has 3 heterocycles. The molecule has 0 fully saturated rings. The van der Waals surface area contributed by atoms with E-state index >= 15 is 0 Å². The molecule has 140 valence electrons. The number of halogens is 1. The molecule has 0 spiro atoms. The Balaban J connectivity index is 1.40. The first-order chi connectivity index (χ1) is 13.1. The van der Waals surface area contributed by atoms with E-state index < -0.39 is 0 Å². The van der Waals surface area contributed by atoms with Crippen molar-refractivity contribution in [3.05, 3.63) is 65.5 Å². The molecule has 1 aliphatic rings. The van der Waals surface area contributed by atoms with Crippen LogP contribution in [0.25, 0.3) is 5.69 Å². The summed E-state index contributed by atoms with van der Waals surface area (Å²) in [5, 5.41) is 11.7. The minimum atomic E-state index is -0.256. The lowest BCUT2D eigenvalue weighted by molar-refractivity contribution is -0.119. The number of carbonyl (C=O) groups excluding carboxylic acids is 1. The molecule has 0 bridgehead atoms. The van der Waals surface area contributed by atoms with E-state index in [0.717, 1.165) is 48.8 Å². The molecular weight excluding hydrogens is 347 g/mol.